The van der Waals surface area contributed by atoms with Gasteiger partial charge in [0.15, 0.2) is 5.96 Å². The highest BCUT2D eigenvalue weighted by Gasteiger charge is 2.22. The van der Waals surface area contributed by atoms with Crippen LogP contribution >= 0.6 is 24.0 Å². The average molecular weight is 489 g/mol. The van der Waals surface area contributed by atoms with Gasteiger partial charge < -0.3 is 24.8 Å². The van der Waals surface area contributed by atoms with Gasteiger partial charge in [-0.25, -0.2) is 0 Å². The van der Waals surface area contributed by atoms with E-state index in [2.05, 4.69) is 34.7 Å². The number of benzene rings is 1. The van der Waals surface area contributed by atoms with Crippen molar-refractivity contribution < 1.29 is 14.2 Å². The van der Waals surface area contributed by atoms with Crippen LogP contribution in [0.1, 0.15) is 44.2 Å². The van der Waals surface area contributed by atoms with Crippen molar-refractivity contribution >= 4 is 29.9 Å². The molecule has 152 valence electrons. The molecule has 0 radical (unpaired) electrons. The van der Waals surface area contributed by atoms with Crippen LogP contribution in [0.15, 0.2) is 17.1 Å². The number of hydrogen-bond acceptors (Lipinski definition) is 4. The van der Waals surface area contributed by atoms with Crippen molar-refractivity contribution in [2.75, 3.05) is 26.8 Å². The lowest BCUT2D eigenvalue weighted by atomic mass is 10.1. The summed E-state index contributed by atoms with van der Waals surface area (Å²) in [6.45, 7) is 7.15. The zero-order valence-electron chi connectivity index (χ0n) is 16.5. The average Bonchev–Trinajstić information content (AvgIpc) is 3.26. The zero-order chi connectivity index (χ0) is 18.4. The number of fused-ring (bicyclic) bond motifs is 1. The summed E-state index contributed by atoms with van der Waals surface area (Å²) in [7, 11) is 1.79. The monoisotopic (exact) mass is 489 g/mol. The summed E-state index contributed by atoms with van der Waals surface area (Å²) >= 11 is 0. The van der Waals surface area contributed by atoms with Crippen molar-refractivity contribution in [3.8, 4) is 11.5 Å². The van der Waals surface area contributed by atoms with Gasteiger partial charge in [0.2, 0.25) is 0 Å². The second kappa shape index (κ2) is 10.9. The maximum absolute atomic E-state index is 5.89. The van der Waals surface area contributed by atoms with Crippen LogP contribution in [0.2, 0.25) is 0 Å². The van der Waals surface area contributed by atoms with Gasteiger partial charge in [0.1, 0.15) is 17.6 Å². The molecule has 0 aliphatic carbocycles. The number of nitrogens with zero attached hydrogens (tertiary/aromatic N) is 1. The lowest BCUT2D eigenvalue weighted by Gasteiger charge is -2.16. The molecule has 2 heterocycles. The summed E-state index contributed by atoms with van der Waals surface area (Å²) < 4.78 is 17.4. The largest absolute Gasteiger partial charge is 0.494 e. The molecule has 0 spiro atoms. The molecule has 2 aliphatic heterocycles. The van der Waals surface area contributed by atoms with E-state index in [1.165, 1.54) is 18.4 Å². The molecule has 7 heteroatoms. The summed E-state index contributed by atoms with van der Waals surface area (Å²) in [4.78, 5) is 4.31. The molecule has 3 rings (SSSR count). The van der Waals surface area contributed by atoms with Gasteiger partial charge in [0.25, 0.3) is 0 Å². The number of hydrogen-bond donors (Lipinski definition) is 2. The van der Waals surface area contributed by atoms with E-state index >= 15 is 0 Å². The second-order valence-corrected chi connectivity index (χ2v) is 6.91. The molecule has 1 aromatic rings. The molecule has 6 nitrogen and oxygen atoms in total. The van der Waals surface area contributed by atoms with Gasteiger partial charge in [-0.15, -0.1) is 24.0 Å². The lowest BCUT2D eigenvalue weighted by Crippen LogP contribution is -2.38. The third kappa shape index (κ3) is 6.14. The molecule has 0 aromatic heterocycles. The van der Waals surface area contributed by atoms with Crippen LogP contribution in [-0.4, -0.2) is 45.0 Å². The van der Waals surface area contributed by atoms with Crippen LogP contribution < -0.4 is 20.1 Å². The van der Waals surface area contributed by atoms with E-state index in [9.17, 15) is 0 Å². The first-order valence-electron chi connectivity index (χ1n) is 9.71. The Morgan fingerprint density at radius 1 is 1.33 bits per heavy atom. The van der Waals surface area contributed by atoms with E-state index in [0.29, 0.717) is 19.3 Å². The van der Waals surface area contributed by atoms with E-state index in [1.807, 2.05) is 6.92 Å². The third-order valence-corrected chi connectivity index (χ3v) is 4.83. The van der Waals surface area contributed by atoms with Crippen molar-refractivity contribution in [3.63, 3.8) is 0 Å². The minimum atomic E-state index is 0. The SMILES string of the molecule is CCOc1cc2c(cc1CNC(=NC)NCCC1CCCO1)OC(C)C2.I. The fraction of sp³-hybridized carbons (Fsp3) is 0.650. The van der Waals surface area contributed by atoms with Gasteiger partial charge >= 0.3 is 0 Å². The highest BCUT2D eigenvalue weighted by Crippen LogP contribution is 2.35. The number of guanidine groups is 1. The van der Waals surface area contributed by atoms with Crippen molar-refractivity contribution in [2.24, 2.45) is 4.99 Å². The Labute approximate surface area is 179 Å². The predicted molar refractivity (Wildman–Crippen MR) is 119 cm³/mol. The zero-order valence-corrected chi connectivity index (χ0v) is 18.9. The highest BCUT2D eigenvalue weighted by atomic mass is 127. The Hall–Kier alpha value is -1.22. The van der Waals surface area contributed by atoms with Crippen LogP contribution in [-0.2, 0) is 17.7 Å². The molecule has 2 atom stereocenters. The van der Waals surface area contributed by atoms with Gasteiger partial charge in [-0.3, -0.25) is 4.99 Å². The first-order valence-corrected chi connectivity index (χ1v) is 9.71. The molecule has 0 amide bonds. The number of rotatable bonds is 7. The number of ether oxygens (including phenoxy) is 3. The fourth-order valence-electron chi connectivity index (χ4n) is 3.53. The molecule has 1 aromatic carbocycles. The minimum absolute atomic E-state index is 0. The van der Waals surface area contributed by atoms with Gasteiger partial charge in [0.05, 0.1) is 12.7 Å². The van der Waals surface area contributed by atoms with E-state index in [1.54, 1.807) is 7.05 Å². The van der Waals surface area contributed by atoms with Crippen molar-refractivity contribution in [3.05, 3.63) is 23.3 Å². The van der Waals surface area contributed by atoms with E-state index < -0.39 is 0 Å². The molecule has 1 saturated heterocycles. The van der Waals surface area contributed by atoms with Gasteiger partial charge in [-0.2, -0.15) is 0 Å². The first kappa shape index (κ1) is 22.1. The summed E-state index contributed by atoms with van der Waals surface area (Å²) in [6.07, 6.45) is 4.91. The van der Waals surface area contributed by atoms with Crippen molar-refractivity contribution in [2.45, 2.75) is 58.3 Å². The van der Waals surface area contributed by atoms with Crippen LogP contribution in [0.3, 0.4) is 0 Å². The molecule has 2 aliphatic rings. The Kier molecular flexibility index (Phi) is 8.95. The Morgan fingerprint density at radius 2 is 2.19 bits per heavy atom. The summed E-state index contributed by atoms with van der Waals surface area (Å²) in [5, 5.41) is 6.74. The summed E-state index contributed by atoms with van der Waals surface area (Å²) in [5.74, 6) is 2.69. The molecule has 0 bridgehead atoms. The Morgan fingerprint density at radius 3 is 2.89 bits per heavy atom. The molecule has 27 heavy (non-hydrogen) atoms. The lowest BCUT2D eigenvalue weighted by molar-refractivity contribution is 0.105. The number of nitrogens with one attached hydrogen (secondary N) is 2. The maximum Gasteiger partial charge on any atom is 0.191 e. The smallest absolute Gasteiger partial charge is 0.191 e. The normalized spacial score (nSPS) is 21.2. The molecular weight excluding hydrogens is 457 g/mol. The number of halogens is 1. The van der Waals surface area contributed by atoms with Crippen LogP contribution in [0, 0.1) is 0 Å². The van der Waals surface area contributed by atoms with Crippen LogP contribution in [0.5, 0.6) is 11.5 Å². The Balaban J connectivity index is 0.00000261. The molecule has 2 N–H and O–H groups in total. The predicted octanol–water partition coefficient (Wildman–Crippen LogP) is 3.26. The number of aliphatic imine (C=N–C) groups is 1. The maximum atomic E-state index is 5.89. The molecule has 1 fully saturated rings. The second-order valence-electron chi connectivity index (χ2n) is 6.91. The van der Waals surface area contributed by atoms with Gasteiger partial charge in [-0.1, -0.05) is 0 Å². The standard InChI is InChI=1S/C20H31N3O3.HI/c1-4-24-18-11-15-10-14(2)26-19(15)12-16(18)13-23-20(21-3)22-8-7-17-6-5-9-25-17;/h11-12,14,17H,4-10,13H2,1-3H3,(H2,21,22,23);1H. The van der Waals surface area contributed by atoms with Crippen molar-refractivity contribution in [1.82, 2.24) is 10.6 Å². The molecule has 0 saturated carbocycles. The molecule has 2 unspecified atom stereocenters. The van der Waals surface area contributed by atoms with Crippen LogP contribution in [0.4, 0.5) is 0 Å². The van der Waals surface area contributed by atoms with Gasteiger partial charge in [-0.05, 0) is 45.2 Å². The van der Waals surface area contributed by atoms with Gasteiger partial charge in [0, 0.05) is 44.3 Å². The topological polar surface area (TPSA) is 64.1 Å². The molecular formula is C20H32IN3O3. The van der Waals surface area contributed by atoms with E-state index in [-0.39, 0.29) is 30.1 Å². The van der Waals surface area contributed by atoms with E-state index in [0.717, 1.165) is 49.0 Å². The fourth-order valence-corrected chi connectivity index (χ4v) is 3.53. The summed E-state index contributed by atoms with van der Waals surface area (Å²) in [5.41, 5.74) is 2.31. The minimum Gasteiger partial charge on any atom is -0.494 e. The summed E-state index contributed by atoms with van der Waals surface area (Å²) in [6, 6.07) is 4.21. The highest BCUT2D eigenvalue weighted by molar-refractivity contribution is 14.0. The Bertz CT molecular complexity index is 633. The quantitative estimate of drug-likeness (QED) is 0.350. The first-order chi connectivity index (χ1) is 12.7. The van der Waals surface area contributed by atoms with Crippen molar-refractivity contribution in [1.29, 1.82) is 0 Å². The van der Waals surface area contributed by atoms with E-state index in [4.69, 9.17) is 14.2 Å². The van der Waals surface area contributed by atoms with Crippen LogP contribution in [0.25, 0.3) is 0 Å². The third-order valence-electron chi connectivity index (χ3n) is 4.83.